The molecule has 0 spiro atoms. The Morgan fingerprint density at radius 3 is 2.50 bits per heavy atom. The number of rotatable bonds is 2. The van der Waals surface area contributed by atoms with Gasteiger partial charge >= 0.3 is 5.97 Å². The average Bonchev–Trinajstić information content (AvgIpc) is 2.17. The summed E-state index contributed by atoms with van der Waals surface area (Å²) in [5.41, 5.74) is 11.4. The van der Waals surface area contributed by atoms with Crippen LogP contribution >= 0.6 is 0 Å². The van der Waals surface area contributed by atoms with Crippen LogP contribution in [0.25, 0.3) is 0 Å². The Morgan fingerprint density at radius 2 is 2.00 bits per heavy atom. The molecule has 0 radical (unpaired) electrons. The Labute approximate surface area is 82.8 Å². The molecule has 76 valence electrons. The largest absolute Gasteiger partial charge is 0.467 e. The predicted octanol–water partition coefficient (Wildman–Crippen LogP) is 0.616. The highest BCUT2D eigenvalue weighted by Gasteiger charge is 2.33. The molecule has 0 aliphatic heterocycles. The smallest absolute Gasteiger partial charge is 0.330 e. The van der Waals surface area contributed by atoms with Gasteiger partial charge in [0, 0.05) is 11.3 Å². The van der Waals surface area contributed by atoms with Crippen LogP contribution in [-0.2, 0) is 15.1 Å². The normalized spacial score (nSPS) is 14.5. The van der Waals surface area contributed by atoms with Crippen LogP contribution in [0.5, 0.6) is 0 Å². The molecule has 0 saturated carbocycles. The van der Waals surface area contributed by atoms with E-state index in [4.69, 9.17) is 11.5 Å². The van der Waals surface area contributed by atoms with E-state index in [-0.39, 0.29) is 0 Å². The Hall–Kier alpha value is -1.55. The summed E-state index contributed by atoms with van der Waals surface area (Å²) in [7, 11) is 1.30. The number of para-hydroxylation sites is 1. The van der Waals surface area contributed by atoms with Gasteiger partial charge in [0.05, 0.1) is 7.11 Å². The summed E-state index contributed by atoms with van der Waals surface area (Å²) in [4.78, 5) is 11.4. The van der Waals surface area contributed by atoms with Crippen molar-refractivity contribution < 1.29 is 9.53 Å². The maximum atomic E-state index is 11.4. The van der Waals surface area contributed by atoms with E-state index < -0.39 is 11.5 Å². The lowest BCUT2D eigenvalue weighted by Crippen LogP contribution is -2.43. The fraction of sp³-hybridized carbons (Fsp3) is 0.300. The lowest BCUT2D eigenvalue weighted by Gasteiger charge is -2.23. The van der Waals surface area contributed by atoms with Crippen LogP contribution in [-0.4, -0.2) is 13.1 Å². The number of nitrogen functional groups attached to an aromatic ring is 1. The van der Waals surface area contributed by atoms with Crippen molar-refractivity contribution in [3.05, 3.63) is 29.8 Å². The minimum absolute atomic E-state index is 0.489. The first-order chi connectivity index (χ1) is 6.50. The summed E-state index contributed by atoms with van der Waals surface area (Å²) in [6, 6.07) is 6.97. The summed E-state index contributed by atoms with van der Waals surface area (Å²) in [5.74, 6) is -0.504. The molecule has 0 fully saturated rings. The molecule has 4 heteroatoms. The summed E-state index contributed by atoms with van der Waals surface area (Å²) in [5, 5.41) is 0. The highest BCUT2D eigenvalue weighted by atomic mass is 16.5. The number of methoxy groups -OCH3 is 1. The van der Waals surface area contributed by atoms with E-state index in [2.05, 4.69) is 4.74 Å². The first kappa shape index (κ1) is 10.5. The molecule has 1 aromatic rings. The standard InChI is InChI=1S/C10H14N2O2/c1-10(12,9(13)14-2)7-5-3-4-6-8(7)11/h3-6H,11-12H2,1-2H3/t10-/m1/s1. The van der Waals surface area contributed by atoms with E-state index >= 15 is 0 Å². The molecule has 0 bridgehead atoms. The van der Waals surface area contributed by atoms with E-state index in [9.17, 15) is 4.79 Å². The van der Waals surface area contributed by atoms with E-state index in [0.717, 1.165) is 0 Å². The number of carbonyl (C=O) groups excluding carboxylic acids is 1. The van der Waals surface area contributed by atoms with Crippen molar-refractivity contribution >= 4 is 11.7 Å². The van der Waals surface area contributed by atoms with Crippen molar-refractivity contribution in [3.8, 4) is 0 Å². The number of hydrogen-bond donors (Lipinski definition) is 2. The number of hydrogen-bond acceptors (Lipinski definition) is 4. The molecule has 1 atom stereocenters. The lowest BCUT2D eigenvalue weighted by atomic mass is 9.92. The Balaban J connectivity index is 3.16. The third kappa shape index (κ3) is 1.70. The second-order valence-corrected chi connectivity index (χ2v) is 3.28. The molecule has 0 aliphatic carbocycles. The molecular formula is C10H14N2O2. The molecule has 0 aromatic heterocycles. The van der Waals surface area contributed by atoms with Crippen molar-refractivity contribution in [2.45, 2.75) is 12.5 Å². The Bertz CT molecular complexity index is 348. The van der Waals surface area contributed by atoms with Gasteiger partial charge in [0.15, 0.2) is 0 Å². The van der Waals surface area contributed by atoms with Gasteiger partial charge < -0.3 is 16.2 Å². The molecule has 1 rings (SSSR count). The van der Waals surface area contributed by atoms with Gasteiger partial charge in [-0.05, 0) is 13.0 Å². The Morgan fingerprint density at radius 1 is 1.43 bits per heavy atom. The topological polar surface area (TPSA) is 78.3 Å². The first-order valence-electron chi connectivity index (χ1n) is 4.22. The minimum Gasteiger partial charge on any atom is -0.467 e. The highest BCUT2D eigenvalue weighted by Crippen LogP contribution is 2.24. The molecule has 0 saturated heterocycles. The van der Waals surface area contributed by atoms with Crippen molar-refractivity contribution in [1.29, 1.82) is 0 Å². The van der Waals surface area contributed by atoms with Gasteiger partial charge in [-0.25, -0.2) is 4.79 Å². The maximum absolute atomic E-state index is 11.4. The molecule has 0 amide bonds. The van der Waals surface area contributed by atoms with Crippen LogP contribution in [0.1, 0.15) is 12.5 Å². The number of carbonyl (C=O) groups is 1. The van der Waals surface area contributed by atoms with Gasteiger partial charge in [-0.2, -0.15) is 0 Å². The van der Waals surface area contributed by atoms with Gasteiger partial charge in [-0.15, -0.1) is 0 Å². The molecule has 14 heavy (non-hydrogen) atoms. The molecule has 0 unspecified atom stereocenters. The SMILES string of the molecule is COC(=O)[C@](C)(N)c1ccccc1N. The molecule has 1 aromatic carbocycles. The van der Waals surface area contributed by atoms with Crippen LogP contribution in [0.15, 0.2) is 24.3 Å². The van der Waals surface area contributed by atoms with Crippen LogP contribution in [0.3, 0.4) is 0 Å². The van der Waals surface area contributed by atoms with Crippen molar-refractivity contribution in [2.75, 3.05) is 12.8 Å². The van der Waals surface area contributed by atoms with Crippen molar-refractivity contribution in [3.63, 3.8) is 0 Å². The zero-order valence-corrected chi connectivity index (χ0v) is 8.28. The fourth-order valence-electron chi connectivity index (χ4n) is 1.29. The number of benzene rings is 1. The molecular weight excluding hydrogens is 180 g/mol. The maximum Gasteiger partial charge on any atom is 0.330 e. The van der Waals surface area contributed by atoms with Gasteiger partial charge in [0.25, 0.3) is 0 Å². The van der Waals surface area contributed by atoms with E-state index in [1.165, 1.54) is 7.11 Å². The average molecular weight is 194 g/mol. The number of anilines is 1. The molecule has 4 nitrogen and oxygen atoms in total. The van der Waals surface area contributed by atoms with E-state index in [1.807, 2.05) is 0 Å². The summed E-state index contributed by atoms with van der Waals surface area (Å²) >= 11 is 0. The molecule has 0 heterocycles. The predicted molar refractivity (Wildman–Crippen MR) is 54.4 cm³/mol. The van der Waals surface area contributed by atoms with Gasteiger partial charge in [-0.1, -0.05) is 18.2 Å². The second-order valence-electron chi connectivity index (χ2n) is 3.28. The second kappa shape index (κ2) is 3.67. The van der Waals surface area contributed by atoms with Crippen molar-refractivity contribution in [1.82, 2.24) is 0 Å². The van der Waals surface area contributed by atoms with Crippen molar-refractivity contribution in [2.24, 2.45) is 5.73 Å². The summed E-state index contributed by atoms with van der Waals surface area (Å²) in [6.07, 6.45) is 0. The third-order valence-electron chi connectivity index (χ3n) is 2.13. The quantitative estimate of drug-likeness (QED) is 0.534. The van der Waals surface area contributed by atoms with E-state index in [1.54, 1.807) is 31.2 Å². The van der Waals surface area contributed by atoms with Crippen LogP contribution in [0.4, 0.5) is 5.69 Å². The zero-order chi connectivity index (χ0) is 10.8. The monoisotopic (exact) mass is 194 g/mol. The lowest BCUT2D eigenvalue weighted by molar-refractivity contribution is -0.146. The molecule has 0 aliphatic rings. The Kier molecular flexibility index (Phi) is 2.76. The number of ether oxygens (including phenoxy) is 1. The van der Waals surface area contributed by atoms with Crippen LogP contribution < -0.4 is 11.5 Å². The van der Waals surface area contributed by atoms with Crippen LogP contribution in [0.2, 0.25) is 0 Å². The van der Waals surface area contributed by atoms with Gasteiger partial charge in [0.1, 0.15) is 5.54 Å². The minimum atomic E-state index is -1.19. The van der Waals surface area contributed by atoms with E-state index in [0.29, 0.717) is 11.3 Å². The summed E-state index contributed by atoms with van der Waals surface area (Å²) < 4.78 is 4.60. The number of esters is 1. The third-order valence-corrected chi connectivity index (χ3v) is 2.13. The highest BCUT2D eigenvalue weighted by molar-refractivity contribution is 5.83. The fourth-order valence-corrected chi connectivity index (χ4v) is 1.29. The number of nitrogens with two attached hydrogens (primary N) is 2. The van der Waals surface area contributed by atoms with Gasteiger partial charge in [-0.3, -0.25) is 0 Å². The van der Waals surface area contributed by atoms with Gasteiger partial charge in [0.2, 0.25) is 0 Å². The first-order valence-corrected chi connectivity index (χ1v) is 4.22. The van der Waals surface area contributed by atoms with Crippen LogP contribution in [0, 0.1) is 0 Å². The molecule has 4 N–H and O–H groups in total. The summed E-state index contributed by atoms with van der Waals surface area (Å²) in [6.45, 7) is 1.57. The zero-order valence-electron chi connectivity index (χ0n) is 8.28.